The number of hydrogen-bond acceptors (Lipinski definition) is 8. The lowest BCUT2D eigenvalue weighted by Gasteiger charge is -2.28. The maximum Gasteiger partial charge on any atom is 0.413 e. The Morgan fingerprint density at radius 1 is 1.24 bits per heavy atom. The van der Waals surface area contributed by atoms with Crippen LogP contribution in [0.1, 0.15) is 63.4 Å². The third-order valence-corrected chi connectivity index (χ3v) is 7.26. The van der Waals surface area contributed by atoms with Gasteiger partial charge >= 0.3 is 6.18 Å². The van der Waals surface area contributed by atoms with Crippen LogP contribution < -0.4 is 21.6 Å². The highest BCUT2D eigenvalue weighted by Crippen LogP contribution is 2.53. The topological polar surface area (TPSA) is 101 Å². The van der Waals surface area contributed by atoms with E-state index in [9.17, 15) is 22.8 Å². The summed E-state index contributed by atoms with van der Waals surface area (Å²) in [4.78, 5) is 8.32. The molecule has 3 aromatic rings. The number of hydrazine groups is 2. The lowest BCUT2D eigenvalue weighted by molar-refractivity contribution is -0.195. The minimum Gasteiger partial charge on any atom is -0.383 e. The summed E-state index contributed by atoms with van der Waals surface area (Å²) in [5, 5.41) is 18.0. The maximum absolute atomic E-state index is 14.0. The number of hydrogen-bond donors (Lipinski definition) is 4. The van der Waals surface area contributed by atoms with Crippen molar-refractivity contribution in [2.24, 2.45) is 5.41 Å². The third-order valence-electron chi connectivity index (χ3n) is 7.26. The molecule has 0 saturated heterocycles. The monoisotopic (exact) mass is 579 g/mol. The molecular weight excluding hydrogens is 548 g/mol. The van der Waals surface area contributed by atoms with Crippen molar-refractivity contribution in [1.82, 2.24) is 25.9 Å². The van der Waals surface area contributed by atoms with E-state index in [1.165, 1.54) is 12.3 Å². The first-order valence-electron chi connectivity index (χ1n) is 13.8. The zero-order valence-corrected chi connectivity index (χ0v) is 23.5. The average molecular weight is 580 g/mol. The van der Waals surface area contributed by atoms with Gasteiger partial charge in [0.05, 0.1) is 35.4 Å². The fourth-order valence-corrected chi connectivity index (χ4v) is 4.84. The molecule has 1 atom stereocenters. The first-order chi connectivity index (χ1) is 20.2. The van der Waals surface area contributed by atoms with Crippen molar-refractivity contribution in [2.75, 3.05) is 17.2 Å². The summed E-state index contributed by atoms with van der Waals surface area (Å²) in [6.07, 6.45) is 1.97. The second-order valence-electron chi connectivity index (χ2n) is 11.7. The fraction of sp³-hybridized carbons (Fsp3) is 0.367. The van der Waals surface area contributed by atoms with Crippen LogP contribution in [0, 0.1) is 42.0 Å². The molecule has 4 N–H and O–H groups in total. The molecule has 12 heteroatoms. The van der Waals surface area contributed by atoms with Crippen LogP contribution in [-0.2, 0) is 0 Å². The lowest BCUT2D eigenvalue weighted by Crippen LogP contribution is -2.52. The van der Waals surface area contributed by atoms with Gasteiger partial charge in [0.25, 0.3) is 0 Å². The van der Waals surface area contributed by atoms with Gasteiger partial charge in [0.2, 0.25) is 5.95 Å². The van der Waals surface area contributed by atoms with E-state index in [-0.39, 0.29) is 35.2 Å². The van der Waals surface area contributed by atoms with Crippen LogP contribution in [0.15, 0.2) is 42.3 Å². The van der Waals surface area contributed by atoms with Crippen LogP contribution in [0.4, 0.5) is 28.9 Å². The quantitative estimate of drug-likeness (QED) is 0.158. The molecule has 0 amide bonds. The molecule has 0 radical (unpaired) electrons. The van der Waals surface area contributed by atoms with Gasteiger partial charge in [0.15, 0.2) is 5.54 Å². The molecule has 0 unspecified atom stereocenters. The van der Waals surface area contributed by atoms with E-state index in [1.807, 2.05) is 0 Å². The summed E-state index contributed by atoms with van der Waals surface area (Å²) in [7, 11) is 0. The zero-order chi connectivity index (χ0) is 31.3. The van der Waals surface area contributed by atoms with Crippen molar-refractivity contribution in [3.05, 3.63) is 70.7 Å². The number of fused-ring (bicyclic) bond motifs is 1. The Kier molecular flexibility index (Phi) is 6.82. The largest absolute Gasteiger partial charge is 0.413 e. The number of nitrogens with one attached hydrogen (secondary N) is 4. The van der Waals surface area contributed by atoms with Gasteiger partial charge in [-0.3, -0.25) is 9.99 Å². The Labute approximate surface area is 242 Å². The van der Waals surface area contributed by atoms with Crippen molar-refractivity contribution in [2.45, 2.75) is 58.3 Å². The van der Waals surface area contributed by atoms with Gasteiger partial charge in [-0.1, -0.05) is 32.8 Å². The van der Waals surface area contributed by atoms with Crippen molar-refractivity contribution in [3.8, 4) is 18.4 Å². The molecule has 3 heterocycles. The third kappa shape index (κ3) is 5.38. The van der Waals surface area contributed by atoms with Crippen LogP contribution in [0.25, 0.3) is 10.9 Å². The molecule has 1 aliphatic carbocycles. The molecule has 1 aromatic carbocycles. The standard InChI is InChI=1S/C30H30F4N8/c1-6-18-14-36-26-19(13-35)11-20(12-22(26)25(18)37-16-28(3,4)5)39-27(21-7-8-24(31)38-17(21)2)23-15-42(41-40-23)29(9-10-29)30(32,33)34/h1,7-8,11-12,14-15,27,39-41H,9-10,16H2,2-5H3,(H,36,37)/t27-/m0/s1/i15D. The van der Waals surface area contributed by atoms with Crippen LogP contribution in [0.3, 0.4) is 0 Å². The van der Waals surface area contributed by atoms with Crippen LogP contribution >= 0.6 is 0 Å². The maximum atomic E-state index is 14.0. The number of pyridine rings is 2. The van der Waals surface area contributed by atoms with Crippen LogP contribution in [-0.4, -0.2) is 33.2 Å². The molecule has 2 aromatic heterocycles. The highest BCUT2D eigenvalue weighted by atomic mass is 19.4. The minimum absolute atomic E-state index is 0.0622. The molecule has 0 spiro atoms. The number of rotatable bonds is 7. The van der Waals surface area contributed by atoms with Crippen molar-refractivity contribution in [3.63, 3.8) is 0 Å². The normalized spacial score (nSPS) is 17.3. The Morgan fingerprint density at radius 3 is 2.57 bits per heavy atom. The summed E-state index contributed by atoms with van der Waals surface area (Å²) in [6, 6.07) is 7.05. The number of alkyl halides is 3. The second kappa shape index (κ2) is 10.4. The van der Waals surface area contributed by atoms with Gasteiger partial charge in [-0.15, -0.1) is 12.0 Å². The highest BCUT2D eigenvalue weighted by molar-refractivity contribution is 5.99. The van der Waals surface area contributed by atoms with E-state index < -0.39 is 29.9 Å². The number of terminal acetylenes is 1. The van der Waals surface area contributed by atoms with Crippen molar-refractivity contribution < 1.29 is 18.9 Å². The smallest absolute Gasteiger partial charge is 0.383 e. The van der Waals surface area contributed by atoms with E-state index in [4.69, 9.17) is 7.79 Å². The zero-order valence-electron chi connectivity index (χ0n) is 24.5. The van der Waals surface area contributed by atoms with Gasteiger partial charge < -0.3 is 16.1 Å². The van der Waals surface area contributed by atoms with E-state index >= 15 is 0 Å². The van der Waals surface area contributed by atoms with E-state index in [1.54, 1.807) is 19.1 Å². The summed E-state index contributed by atoms with van der Waals surface area (Å²) in [6.45, 7) is 8.29. The number of nitrogens with zero attached hydrogens (tertiary/aromatic N) is 4. The van der Waals surface area contributed by atoms with Gasteiger partial charge in [-0.25, -0.2) is 4.98 Å². The Balaban J connectivity index is 1.65. The summed E-state index contributed by atoms with van der Waals surface area (Å²) >= 11 is 0. The SMILES string of the molecule is [2H]C1=C([C@@H](Nc2cc(C#N)c3ncc(C#C)c(NCC(C)(C)C)c3c2)c2ccc(F)nc2C)NNN1C1(C(F)(F)F)CC1. The van der Waals surface area contributed by atoms with E-state index in [0.29, 0.717) is 39.9 Å². The van der Waals surface area contributed by atoms with Gasteiger partial charge in [-0.2, -0.15) is 22.8 Å². The van der Waals surface area contributed by atoms with Gasteiger partial charge in [-0.05, 0) is 43.4 Å². The van der Waals surface area contributed by atoms with E-state index in [2.05, 4.69) is 64.3 Å². The van der Waals surface area contributed by atoms with E-state index in [0.717, 1.165) is 11.1 Å². The molecule has 0 bridgehead atoms. The molecule has 5 rings (SSSR count). The fourth-order valence-electron chi connectivity index (χ4n) is 4.84. The first kappa shape index (κ1) is 27.6. The lowest BCUT2D eigenvalue weighted by atomic mass is 9.96. The molecule has 8 nitrogen and oxygen atoms in total. The Bertz CT molecular complexity index is 1710. The molecule has 1 aliphatic heterocycles. The molecule has 218 valence electrons. The molecule has 2 aliphatic rings. The predicted molar refractivity (Wildman–Crippen MR) is 152 cm³/mol. The number of anilines is 2. The second-order valence-corrected chi connectivity index (χ2v) is 11.7. The first-order valence-corrected chi connectivity index (χ1v) is 13.3. The van der Waals surface area contributed by atoms with Crippen LogP contribution in [0.5, 0.6) is 0 Å². The minimum atomic E-state index is -4.57. The number of aromatic nitrogens is 2. The number of nitriles is 1. The highest BCUT2D eigenvalue weighted by Gasteiger charge is 2.67. The Hall–Kier alpha value is -4.55. The molecule has 1 fully saturated rings. The van der Waals surface area contributed by atoms with Crippen LogP contribution in [0.2, 0.25) is 0 Å². The summed E-state index contributed by atoms with van der Waals surface area (Å²) in [5.41, 5.74) is 5.80. The summed E-state index contributed by atoms with van der Waals surface area (Å²) in [5.74, 6) is 1.90. The molecule has 1 saturated carbocycles. The number of benzene rings is 1. The van der Waals surface area contributed by atoms with Crippen molar-refractivity contribution >= 4 is 22.3 Å². The number of aryl methyl sites for hydroxylation is 1. The summed E-state index contributed by atoms with van der Waals surface area (Å²) < 4.78 is 64.6. The molecular formula is C30H30F4N8. The van der Waals surface area contributed by atoms with Gasteiger partial charge in [0.1, 0.15) is 6.07 Å². The number of halogens is 4. The van der Waals surface area contributed by atoms with Crippen molar-refractivity contribution in [1.29, 1.82) is 5.26 Å². The predicted octanol–water partition coefficient (Wildman–Crippen LogP) is 5.80. The Morgan fingerprint density at radius 2 is 1.98 bits per heavy atom. The molecule has 42 heavy (non-hydrogen) atoms. The average Bonchev–Trinajstić information content (AvgIpc) is 3.66. The van der Waals surface area contributed by atoms with Gasteiger partial charge in [0, 0.05) is 41.2 Å².